The van der Waals surface area contributed by atoms with Crippen molar-refractivity contribution in [3.63, 3.8) is 0 Å². The number of hydrogen-bond donors (Lipinski definition) is 1. The van der Waals surface area contributed by atoms with Crippen LogP contribution in [0, 0.1) is 0 Å². The number of carbonyl (C=O) groups excluding carboxylic acids is 1. The monoisotopic (exact) mass is 253 g/mol. The summed E-state index contributed by atoms with van der Waals surface area (Å²) >= 11 is 5.84. The molecule has 1 fully saturated rings. The van der Waals surface area contributed by atoms with E-state index < -0.39 is 0 Å². The van der Waals surface area contributed by atoms with Gasteiger partial charge in [0.15, 0.2) is 0 Å². The van der Waals surface area contributed by atoms with Crippen LogP contribution in [-0.2, 0) is 0 Å². The normalized spacial score (nSPS) is 16.1. The fourth-order valence-corrected chi connectivity index (χ4v) is 2.19. The van der Waals surface area contributed by atoms with Crippen molar-refractivity contribution in [3.05, 3.63) is 29.0 Å². The number of amides is 1. The highest BCUT2D eigenvalue weighted by atomic mass is 35.5. The van der Waals surface area contributed by atoms with Crippen molar-refractivity contribution in [1.82, 2.24) is 15.2 Å². The van der Waals surface area contributed by atoms with Crippen molar-refractivity contribution in [2.75, 3.05) is 26.2 Å². The molecule has 1 aliphatic heterocycles. The first-order valence-electron chi connectivity index (χ1n) is 5.88. The van der Waals surface area contributed by atoms with Crippen LogP contribution >= 0.6 is 11.6 Å². The number of rotatable bonds is 4. The van der Waals surface area contributed by atoms with Crippen LogP contribution in [0.1, 0.15) is 23.2 Å². The first kappa shape index (κ1) is 12.3. The molecule has 5 heteroatoms. The molecule has 1 saturated heterocycles. The molecular weight excluding hydrogens is 238 g/mol. The predicted molar refractivity (Wildman–Crippen MR) is 67.3 cm³/mol. The molecule has 1 amide bonds. The Morgan fingerprint density at radius 3 is 2.94 bits per heavy atom. The molecule has 0 aliphatic carbocycles. The van der Waals surface area contributed by atoms with E-state index >= 15 is 0 Å². The Bertz CT molecular complexity index is 391. The van der Waals surface area contributed by atoms with Crippen LogP contribution in [0.25, 0.3) is 0 Å². The Balaban J connectivity index is 1.79. The number of hydrogen-bond acceptors (Lipinski definition) is 3. The second kappa shape index (κ2) is 5.98. The van der Waals surface area contributed by atoms with Gasteiger partial charge in [-0.1, -0.05) is 11.6 Å². The molecule has 92 valence electrons. The number of halogens is 1. The van der Waals surface area contributed by atoms with Gasteiger partial charge in [0.1, 0.15) is 5.15 Å². The molecule has 0 unspecified atom stereocenters. The van der Waals surface area contributed by atoms with E-state index in [9.17, 15) is 4.79 Å². The van der Waals surface area contributed by atoms with E-state index in [2.05, 4.69) is 15.2 Å². The highest BCUT2D eigenvalue weighted by Crippen LogP contribution is 2.11. The van der Waals surface area contributed by atoms with E-state index in [1.54, 1.807) is 18.3 Å². The van der Waals surface area contributed by atoms with Gasteiger partial charge in [-0.25, -0.2) is 4.98 Å². The molecule has 2 rings (SSSR count). The van der Waals surface area contributed by atoms with Gasteiger partial charge in [-0.15, -0.1) is 0 Å². The third-order valence-corrected chi connectivity index (χ3v) is 3.22. The quantitative estimate of drug-likeness (QED) is 0.829. The lowest BCUT2D eigenvalue weighted by atomic mass is 10.2. The standard InChI is InChI=1S/C12H16ClN3O/c13-11-10(4-3-5-14-11)12(17)15-6-9-16-7-1-2-8-16/h3-5H,1-2,6-9H2,(H,15,17). The molecule has 2 heterocycles. The molecule has 0 spiro atoms. The molecule has 0 radical (unpaired) electrons. The Kier molecular flexibility index (Phi) is 4.34. The number of aromatic nitrogens is 1. The van der Waals surface area contributed by atoms with Gasteiger partial charge in [0.2, 0.25) is 0 Å². The minimum Gasteiger partial charge on any atom is -0.351 e. The minimum absolute atomic E-state index is 0.151. The SMILES string of the molecule is O=C(NCCN1CCCC1)c1cccnc1Cl. The molecule has 1 aromatic rings. The molecule has 17 heavy (non-hydrogen) atoms. The van der Waals surface area contributed by atoms with E-state index in [1.165, 1.54) is 12.8 Å². The van der Waals surface area contributed by atoms with E-state index in [0.29, 0.717) is 12.1 Å². The topological polar surface area (TPSA) is 45.2 Å². The highest BCUT2D eigenvalue weighted by molar-refractivity contribution is 6.32. The van der Waals surface area contributed by atoms with Gasteiger partial charge in [-0.3, -0.25) is 4.79 Å². The van der Waals surface area contributed by atoms with Crippen molar-refractivity contribution < 1.29 is 4.79 Å². The fourth-order valence-electron chi connectivity index (χ4n) is 1.98. The molecule has 1 aromatic heterocycles. The first-order chi connectivity index (χ1) is 8.27. The van der Waals surface area contributed by atoms with Gasteiger partial charge >= 0.3 is 0 Å². The second-order valence-corrected chi connectivity index (χ2v) is 4.50. The zero-order valence-corrected chi connectivity index (χ0v) is 10.4. The van der Waals surface area contributed by atoms with Gasteiger partial charge < -0.3 is 10.2 Å². The summed E-state index contributed by atoms with van der Waals surface area (Å²) in [7, 11) is 0. The number of likely N-dealkylation sites (tertiary alicyclic amines) is 1. The molecule has 0 aromatic carbocycles. The Morgan fingerprint density at radius 1 is 1.47 bits per heavy atom. The Hall–Kier alpha value is -1.13. The number of nitrogens with one attached hydrogen (secondary N) is 1. The summed E-state index contributed by atoms with van der Waals surface area (Å²) in [6.07, 6.45) is 4.11. The van der Waals surface area contributed by atoms with E-state index in [0.717, 1.165) is 19.6 Å². The second-order valence-electron chi connectivity index (χ2n) is 4.15. The summed E-state index contributed by atoms with van der Waals surface area (Å²) in [5.41, 5.74) is 0.440. The summed E-state index contributed by atoms with van der Waals surface area (Å²) in [6, 6.07) is 3.39. The number of nitrogens with zero attached hydrogens (tertiary/aromatic N) is 2. The first-order valence-corrected chi connectivity index (χ1v) is 6.26. The summed E-state index contributed by atoms with van der Waals surface area (Å²) in [5.74, 6) is -0.151. The molecular formula is C12H16ClN3O. The molecule has 0 atom stereocenters. The zero-order valence-electron chi connectivity index (χ0n) is 9.66. The summed E-state index contributed by atoms with van der Waals surface area (Å²) < 4.78 is 0. The van der Waals surface area contributed by atoms with Gasteiger partial charge in [0.05, 0.1) is 5.56 Å². The molecule has 0 bridgehead atoms. The van der Waals surface area contributed by atoms with Crippen molar-refractivity contribution in [1.29, 1.82) is 0 Å². The zero-order chi connectivity index (χ0) is 12.1. The molecule has 4 nitrogen and oxygen atoms in total. The van der Waals surface area contributed by atoms with Gasteiger partial charge in [0, 0.05) is 19.3 Å². The van der Waals surface area contributed by atoms with Crippen LogP contribution in [0.3, 0.4) is 0 Å². The van der Waals surface area contributed by atoms with Crippen molar-refractivity contribution in [2.24, 2.45) is 0 Å². The lowest BCUT2D eigenvalue weighted by Crippen LogP contribution is -2.33. The van der Waals surface area contributed by atoms with E-state index in [1.807, 2.05) is 0 Å². The maximum Gasteiger partial charge on any atom is 0.254 e. The van der Waals surface area contributed by atoms with Gasteiger partial charge in [-0.2, -0.15) is 0 Å². The van der Waals surface area contributed by atoms with E-state index in [4.69, 9.17) is 11.6 Å². The van der Waals surface area contributed by atoms with Crippen molar-refractivity contribution in [2.45, 2.75) is 12.8 Å². The lowest BCUT2D eigenvalue weighted by Gasteiger charge is -2.14. The third kappa shape index (κ3) is 3.41. The van der Waals surface area contributed by atoms with Gasteiger partial charge in [0.25, 0.3) is 5.91 Å². The van der Waals surface area contributed by atoms with Gasteiger partial charge in [-0.05, 0) is 38.1 Å². The average molecular weight is 254 g/mol. The third-order valence-electron chi connectivity index (χ3n) is 2.92. The Morgan fingerprint density at radius 2 is 2.24 bits per heavy atom. The largest absolute Gasteiger partial charge is 0.351 e. The van der Waals surface area contributed by atoms with Crippen LogP contribution in [-0.4, -0.2) is 42.0 Å². The van der Waals surface area contributed by atoms with E-state index in [-0.39, 0.29) is 11.1 Å². The summed E-state index contributed by atoms with van der Waals surface area (Å²) in [4.78, 5) is 18.0. The smallest absolute Gasteiger partial charge is 0.254 e. The summed E-state index contributed by atoms with van der Waals surface area (Å²) in [6.45, 7) is 3.85. The number of pyridine rings is 1. The van der Waals surface area contributed by atoms with Crippen LogP contribution in [0.2, 0.25) is 5.15 Å². The maximum absolute atomic E-state index is 11.8. The van der Waals surface area contributed by atoms with Crippen LogP contribution < -0.4 is 5.32 Å². The highest BCUT2D eigenvalue weighted by Gasteiger charge is 2.13. The summed E-state index contributed by atoms with van der Waals surface area (Å²) in [5, 5.41) is 3.12. The van der Waals surface area contributed by atoms with Crippen molar-refractivity contribution in [3.8, 4) is 0 Å². The maximum atomic E-state index is 11.8. The van der Waals surface area contributed by atoms with Crippen LogP contribution in [0.15, 0.2) is 18.3 Å². The lowest BCUT2D eigenvalue weighted by molar-refractivity contribution is 0.0949. The van der Waals surface area contributed by atoms with Crippen LogP contribution in [0.4, 0.5) is 0 Å². The molecule has 1 N–H and O–H groups in total. The average Bonchev–Trinajstić information content (AvgIpc) is 2.82. The minimum atomic E-state index is -0.151. The predicted octanol–water partition coefficient (Wildman–Crippen LogP) is 1.56. The fraction of sp³-hybridized carbons (Fsp3) is 0.500. The number of carbonyl (C=O) groups is 1. The van der Waals surface area contributed by atoms with Crippen molar-refractivity contribution >= 4 is 17.5 Å². The molecule has 0 saturated carbocycles. The van der Waals surface area contributed by atoms with Crippen LogP contribution in [0.5, 0.6) is 0 Å². The Labute approximate surface area is 106 Å². The molecule has 1 aliphatic rings.